The molecular weight excluding hydrogens is 306 g/mol. The predicted octanol–water partition coefficient (Wildman–Crippen LogP) is 1.11. The lowest BCUT2D eigenvalue weighted by atomic mass is 9.96. The number of amides is 2. The van der Waals surface area contributed by atoms with E-state index in [4.69, 9.17) is 0 Å². The van der Waals surface area contributed by atoms with E-state index in [0.29, 0.717) is 35.5 Å². The van der Waals surface area contributed by atoms with Crippen LogP contribution in [0.1, 0.15) is 36.0 Å². The largest absolute Gasteiger partial charge is 0.352 e. The number of carbonyl (C=O) groups excluding carboxylic acids is 2. The lowest BCUT2D eigenvalue weighted by molar-refractivity contribution is -0.133. The second kappa shape index (κ2) is 6.22. The highest BCUT2D eigenvalue weighted by atomic mass is 16.2. The first-order valence-electron chi connectivity index (χ1n) is 8.57. The summed E-state index contributed by atoms with van der Waals surface area (Å²) in [6.45, 7) is 2.27. The van der Waals surface area contributed by atoms with Crippen LogP contribution in [0.25, 0.3) is 5.65 Å². The number of fused-ring (bicyclic) bond motifs is 1. The van der Waals surface area contributed by atoms with Gasteiger partial charge in [0.15, 0.2) is 5.65 Å². The van der Waals surface area contributed by atoms with Crippen molar-refractivity contribution in [2.45, 2.75) is 25.7 Å². The molecule has 24 heavy (non-hydrogen) atoms. The Kier molecular flexibility index (Phi) is 3.92. The summed E-state index contributed by atoms with van der Waals surface area (Å²) in [5.74, 6) is 0.931. The highest BCUT2D eigenvalue weighted by molar-refractivity contribution is 5.99. The van der Waals surface area contributed by atoms with Gasteiger partial charge in [0.1, 0.15) is 6.33 Å². The van der Waals surface area contributed by atoms with Crippen LogP contribution in [0.5, 0.6) is 0 Å². The molecule has 1 aliphatic carbocycles. The zero-order valence-corrected chi connectivity index (χ0v) is 13.5. The van der Waals surface area contributed by atoms with Gasteiger partial charge < -0.3 is 10.2 Å². The van der Waals surface area contributed by atoms with Gasteiger partial charge in [-0.15, -0.1) is 10.2 Å². The van der Waals surface area contributed by atoms with E-state index in [-0.39, 0.29) is 5.91 Å². The Hall–Kier alpha value is -2.44. The third-order valence-corrected chi connectivity index (χ3v) is 4.97. The van der Waals surface area contributed by atoms with Crippen molar-refractivity contribution in [3.63, 3.8) is 0 Å². The Morgan fingerprint density at radius 1 is 1.21 bits per heavy atom. The maximum Gasteiger partial charge on any atom is 0.255 e. The first-order chi connectivity index (χ1) is 11.7. The van der Waals surface area contributed by atoms with Crippen LogP contribution in [-0.2, 0) is 4.79 Å². The number of piperidine rings is 1. The summed E-state index contributed by atoms with van der Waals surface area (Å²) < 4.78 is 1.73. The van der Waals surface area contributed by atoms with Gasteiger partial charge in [-0.2, -0.15) is 0 Å². The van der Waals surface area contributed by atoms with Crippen LogP contribution in [0.15, 0.2) is 24.7 Å². The van der Waals surface area contributed by atoms with Crippen molar-refractivity contribution in [2.24, 2.45) is 11.8 Å². The van der Waals surface area contributed by atoms with E-state index in [1.165, 1.54) is 0 Å². The summed E-state index contributed by atoms with van der Waals surface area (Å²) in [6.07, 6.45) is 7.42. The molecule has 1 saturated heterocycles. The minimum absolute atomic E-state index is 0.120. The third kappa shape index (κ3) is 2.98. The van der Waals surface area contributed by atoms with Crippen LogP contribution in [0.3, 0.4) is 0 Å². The number of nitrogens with one attached hydrogen (secondary N) is 1. The molecule has 2 aromatic rings. The van der Waals surface area contributed by atoms with E-state index in [9.17, 15) is 9.59 Å². The van der Waals surface area contributed by atoms with Gasteiger partial charge in [-0.25, -0.2) is 0 Å². The summed E-state index contributed by atoms with van der Waals surface area (Å²) in [7, 11) is 0. The zero-order valence-electron chi connectivity index (χ0n) is 13.5. The Labute approximate surface area is 140 Å². The summed E-state index contributed by atoms with van der Waals surface area (Å²) in [5.41, 5.74) is 1.11. The van der Waals surface area contributed by atoms with Crippen molar-refractivity contribution < 1.29 is 9.59 Å². The molecule has 2 aromatic heterocycles. The van der Waals surface area contributed by atoms with Gasteiger partial charge in [0.2, 0.25) is 5.91 Å². The van der Waals surface area contributed by atoms with E-state index in [2.05, 4.69) is 15.5 Å². The molecule has 7 heteroatoms. The van der Waals surface area contributed by atoms with Gasteiger partial charge in [0, 0.05) is 31.7 Å². The quantitative estimate of drug-likeness (QED) is 0.912. The maximum absolute atomic E-state index is 12.4. The minimum atomic E-state index is -0.120. The predicted molar refractivity (Wildman–Crippen MR) is 87.3 cm³/mol. The van der Waals surface area contributed by atoms with Gasteiger partial charge in [0.25, 0.3) is 5.91 Å². The van der Waals surface area contributed by atoms with E-state index in [0.717, 1.165) is 38.8 Å². The van der Waals surface area contributed by atoms with Crippen LogP contribution in [0.4, 0.5) is 0 Å². The topological polar surface area (TPSA) is 79.6 Å². The number of hydrogen-bond acceptors (Lipinski definition) is 4. The zero-order chi connectivity index (χ0) is 16.5. The summed E-state index contributed by atoms with van der Waals surface area (Å²) in [5, 5.41) is 10.8. The summed E-state index contributed by atoms with van der Waals surface area (Å²) in [4.78, 5) is 26.5. The molecule has 1 aliphatic heterocycles. The van der Waals surface area contributed by atoms with Crippen LogP contribution in [0, 0.1) is 11.8 Å². The van der Waals surface area contributed by atoms with Gasteiger partial charge in [-0.1, -0.05) is 0 Å². The number of hydrogen-bond donors (Lipinski definition) is 1. The Morgan fingerprint density at radius 2 is 2.00 bits per heavy atom. The smallest absolute Gasteiger partial charge is 0.255 e. The average Bonchev–Trinajstić information content (AvgIpc) is 3.36. The Bertz CT molecular complexity index is 759. The molecular formula is C17H21N5O2. The number of nitrogens with zero attached hydrogens (tertiary/aromatic N) is 4. The van der Waals surface area contributed by atoms with Crippen molar-refractivity contribution >= 4 is 17.5 Å². The van der Waals surface area contributed by atoms with Gasteiger partial charge in [-0.3, -0.25) is 14.0 Å². The first-order valence-corrected chi connectivity index (χ1v) is 8.57. The molecule has 2 amide bonds. The Morgan fingerprint density at radius 3 is 2.75 bits per heavy atom. The van der Waals surface area contributed by atoms with Crippen LogP contribution < -0.4 is 5.32 Å². The second-order valence-corrected chi connectivity index (χ2v) is 6.74. The fourth-order valence-electron chi connectivity index (χ4n) is 3.31. The third-order valence-electron chi connectivity index (χ3n) is 4.97. The molecule has 0 unspecified atom stereocenters. The molecule has 2 fully saturated rings. The molecule has 3 heterocycles. The van der Waals surface area contributed by atoms with E-state index in [1.54, 1.807) is 16.8 Å². The molecule has 4 rings (SSSR count). The molecule has 126 valence electrons. The molecule has 0 aromatic carbocycles. The van der Waals surface area contributed by atoms with E-state index in [1.807, 2.05) is 17.2 Å². The van der Waals surface area contributed by atoms with Gasteiger partial charge in [-0.05, 0) is 43.7 Å². The lowest BCUT2D eigenvalue weighted by Gasteiger charge is -2.32. The fourth-order valence-corrected chi connectivity index (χ4v) is 3.31. The van der Waals surface area contributed by atoms with Crippen molar-refractivity contribution in [1.82, 2.24) is 24.8 Å². The van der Waals surface area contributed by atoms with Crippen molar-refractivity contribution in [1.29, 1.82) is 0 Å². The van der Waals surface area contributed by atoms with Crippen LogP contribution in [-0.4, -0.2) is 50.9 Å². The van der Waals surface area contributed by atoms with Crippen molar-refractivity contribution in [3.8, 4) is 0 Å². The number of pyridine rings is 1. The average molecular weight is 327 g/mol. The number of aromatic nitrogens is 3. The SMILES string of the molecule is O=C(NCC1CCN(C(=O)C2CC2)CC1)c1cccn2cnnc12. The second-order valence-electron chi connectivity index (χ2n) is 6.74. The number of carbonyl (C=O) groups is 2. The van der Waals surface area contributed by atoms with E-state index >= 15 is 0 Å². The molecule has 0 radical (unpaired) electrons. The minimum Gasteiger partial charge on any atom is -0.352 e. The molecule has 1 N–H and O–H groups in total. The van der Waals surface area contributed by atoms with Crippen molar-refractivity contribution in [2.75, 3.05) is 19.6 Å². The number of rotatable bonds is 4. The van der Waals surface area contributed by atoms with Crippen LogP contribution in [0.2, 0.25) is 0 Å². The fraction of sp³-hybridized carbons (Fsp3) is 0.529. The van der Waals surface area contributed by atoms with E-state index < -0.39 is 0 Å². The highest BCUT2D eigenvalue weighted by Gasteiger charge is 2.34. The van der Waals surface area contributed by atoms with Crippen LogP contribution >= 0.6 is 0 Å². The highest BCUT2D eigenvalue weighted by Crippen LogP contribution is 2.32. The normalized spacial score (nSPS) is 18.8. The van der Waals surface area contributed by atoms with Gasteiger partial charge in [0.05, 0.1) is 5.56 Å². The Balaban J connectivity index is 1.30. The number of likely N-dealkylation sites (tertiary alicyclic amines) is 1. The summed E-state index contributed by atoms with van der Waals surface area (Å²) in [6, 6.07) is 3.57. The molecule has 1 saturated carbocycles. The molecule has 0 bridgehead atoms. The first kappa shape index (κ1) is 15.1. The molecule has 0 spiro atoms. The monoisotopic (exact) mass is 327 g/mol. The molecule has 2 aliphatic rings. The lowest BCUT2D eigenvalue weighted by Crippen LogP contribution is -2.42. The van der Waals surface area contributed by atoms with Gasteiger partial charge >= 0.3 is 0 Å². The molecule has 0 atom stereocenters. The maximum atomic E-state index is 12.4. The standard InChI is InChI=1S/C17H21N5O2/c23-16(14-2-1-7-22-11-19-20-15(14)22)18-10-12-5-8-21(9-6-12)17(24)13-3-4-13/h1-2,7,11-13H,3-6,8-10H2,(H,18,23). The summed E-state index contributed by atoms with van der Waals surface area (Å²) >= 11 is 0. The van der Waals surface area contributed by atoms with Crippen molar-refractivity contribution in [3.05, 3.63) is 30.2 Å². The molecule has 7 nitrogen and oxygen atoms in total.